The van der Waals surface area contributed by atoms with Gasteiger partial charge in [0, 0.05) is 19.2 Å². The molecule has 0 atom stereocenters. The highest BCUT2D eigenvalue weighted by Crippen LogP contribution is 2.26. The van der Waals surface area contributed by atoms with Crippen LogP contribution in [0.4, 0.5) is 18.0 Å². The van der Waals surface area contributed by atoms with Crippen LogP contribution >= 0.6 is 0 Å². The van der Waals surface area contributed by atoms with E-state index in [4.69, 9.17) is 5.11 Å². The number of aliphatic hydroxyl groups excluding tert-OH is 1. The summed E-state index contributed by atoms with van der Waals surface area (Å²) >= 11 is 0. The molecule has 1 fully saturated rings. The van der Waals surface area contributed by atoms with E-state index < -0.39 is 18.9 Å². The fraction of sp³-hybridized carbons (Fsp3) is 0.900. The summed E-state index contributed by atoms with van der Waals surface area (Å²) in [5.41, 5.74) is 0. The minimum absolute atomic E-state index is 0.0396. The van der Waals surface area contributed by atoms with Gasteiger partial charge in [0.15, 0.2) is 6.61 Å². The van der Waals surface area contributed by atoms with Crippen LogP contribution in [0.2, 0.25) is 0 Å². The van der Waals surface area contributed by atoms with E-state index >= 15 is 0 Å². The molecule has 0 aromatic rings. The van der Waals surface area contributed by atoms with Crippen LogP contribution in [0, 0.1) is 0 Å². The second kappa shape index (κ2) is 6.09. The van der Waals surface area contributed by atoms with Gasteiger partial charge in [0.2, 0.25) is 0 Å². The summed E-state index contributed by atoms with van der Waals surface area (Å²) in [5.74, 6) is 0. The molecule has 1 amide bonds. The van der Waals surface area contributed by atoms with E-state index in [0.29, 0.717) is 6.42 Å². The van der Waals surface area contributed by atoms with Crippen molar-refractivity contribution >= 4 is 6.09 Å². The molecule has 0 spiro atoms. The lowest BCUT2D eigenvalue weighted by Gasteiger charge is -2.36. The first-order valence-corrected chi connectivity index (χ1v) is 5.55. The van der Waals surface area contributed by atoms with Crippen molar-refractivity contribution in [2.75, 3.05) is 19.8 Å². The van der Waals surface area contributed by atoms with E-state index in [1.165, 1.54) is 4.90 Å². The van der Waals surface area contributed by atoms with Crippen LogP contribution in [0.5, 0.6) is 0 Å². The van der Waals surface area contributed by atoms with Gasteiger partial charge in [-0.2, -0.15) is 13.2 Å². The number of halogens is 3. The molecule has 0 heterocycles. The molecule has 7 heteroatoms. The molecule has 1 rings (SSSR count). The standard InChI is InChI=1S/C10H16F3NO3/c11-10(12,13)7-17-9(16)14(5-2-6-15)8-3-1-4-8/h8,15H,1-7H2. The van der Waals surface area contributed by atoms with Crippen molar-refractivity contribution in [2.45, 2.75) is 37.9 Å². The molecule has 0 radical (unpaired) electrons. The average Bonchev–Trinajstić information content (AvgIpc) is 2.16. The van der Waals surface area contributed by atoms with Crippen molar-refractivity contribution in [1.29, 1.82) is 0 Å². The van der Waals surface area contributed by atoms with Gasteiger partial charge in [-0.15, -0.1) is 0 Å². The van der Waals surface area contributed by atoms with E-state index in [1.54, 1.807) is 0 Å². The van der Waals surface area contributed by atoms with Crippen molar-refractivity contribution in [3.8, 4) is 0 Å². The third kappa shape index (κ3) is 4.80. The largest absolute Gasteiger partial charge is 0.440 e. The normalized spacial score (nSPS) is 16.5. The van der Waals surface area contributed by atoms with Crippen molar-refractivity contribution in [3.63, 3.8) is 0 Å². The molecule has 0 saturated heterocycles. The Hall–Kier alpha value is -0.980. The highest BCUT2D eigenvalue weighted by atomic mass is 19.4. The lowest BCUT2D eigenvalue weighted by Crippen LogP contribution is -2.45. The van der Waals surface area contributed by atoms with E-state index in [1.807, 2.05) is 0 Å². The molecule has 1 aliphatic rings. The maximum absolute atomic E-state index is 11.9. The van der Waals surface area contributed by atoms with Gasteiger partial charge in [0.05, 0.1) is 0 Å². The van der Waals surface area contributed by atoms with Crippen LogP contribution < -0.4 is 0 Å². The van der Waals surface area contributed by atoms with Gasteiger partial charge in [0.25, 0.3) is 0 Å². The highest BCUT2D eigenvalue weighted by Gasteiger charge is 2.33. The number of hydrogen-bond donors (Lipinski definition) is 1. The lowest BCUT2D eigenvalue weighted by atomic mass is 9.91. The summed E-state index contributed by atoms with van der Waals surface area (Å²) in [6.45, 7) is -1.43. The summed E-state index contributed by atoms with van der Waals surface area (Å²) in [4.78, 5) is 12.7. The number of hydrogen-bond acceptors (Lipinski definition) is 3. The Labute approximate surface area is 97.3 Å². The molecular formula is C10H16F3NO3. The third-order valence-corrected chi connectivity index (χ3v) is 2.67. The van der Waals surface area contributed by atoms with Gasteiger partial charge in [-0.05, 0) is 25.7 Å². The SMILES string of the molecule is O=C(OCC(F)(F)F)N(CCCO)C1CCC1. The smallest absolute Gasteiger partial charge is 0.422 e. The second-order valence-electron chi connectivity index (χ2n) is 4.03. The molecule has 0 aliphatic heterocycles. The molecule has 100 valence electrons. The van der Waals surface area contributed by atoms with E-state index in [2.05, 4.69) is 4.74 Å². The molecule has 0 bridgehead atoms. The van der Waals surface area contributed by atoms with Gasteiger partial charge in [-0.1, -0.05) is 0 Å². The number of nitrogens with zero attached hydrogens (tertiary/aromatic N) is 1. The van der Waals surface area contributed by atoms with Crippen molar-refractivity contribution in [1.82, 2.24) is 4.90 Å². The summed E-state index contributed by atoms with van der Waals surface area (Å²) in [7, 11) is 0. The van der Waals surface area contributed by atoms with Gasteiger partial charge in [-0.3, -0.25) is 0 Å². The number of aliphatic hydroxyl groups is 1. The number of carbonyl (C=O) groups excluding carboxylic acids is 1. The monoisotopic (exact) mass is 255 g/mol. The Morgan fingerprint density at radius 3 is 2.47 bits per heavy atom. The quantitative estimate of drug-likeness (QED) is 0.816. The average molecular weight is 255 g/mol. The van der Waals surface area contributed by atoms with Crippen molar-refractivity contribution < 1.29 is 27.8 Å². The van der Waals surface area contributed by atoms with Crippen molar-refractivity contribution in [2.24, 2.45) is 0 Å². The van der Waals surface area contributed by atoms with Gasteiger partial charge < -0.3 is 14.7 Å². The van der Waals surface area contributed by atoms with Crippen LogP contribution in [0.1, 0.15) is 25.7 Å². The van der Waals surface area contributed by atoms with Crippen molar-refractivity contribution in [3.05, 3.63) is 0 Å². The van der Waals surface area contributed by atoms with Crippen LogP contribution in [0.15, 0.2) is 0 Å². The zero-order valence-corrected chi connectivity index (χ0v) is 9.37. The number of alkyl halides is 3. The Morgan fingerprint density at radius 1 is 1.41 bits per heavy atom. The lowest BCUT2D eigenvalue weighted by molar-refractivity contribution is -0.163. The fourth-order valence-electron chi connectivity index (χ4n) is 1.59. The van der Waals surface area contributed by atoms with Gasteiger partial charge in [0.1, 0.15) is 0 Å². The second-order valence-corrected chi connectivity index (χ2v) is 4.03. The third-order valence-electron chi connectivity index (χ3n) is 2.67. The molecule has 4 nitrogen and oxygen atoms in total. The summed E-state index contributed by atoms with van der Waals surface area (Å²) in [6.07, 6.45) is -2.57. The zero-order chi connectivity index (χ0) is 12.9. The van der Waals surface area contributed by atoms with E-state index in [9.17, 15) is 18.0 Å². The number of rotatable bonds is 5. The summed E-state index contributed by atoms with van der Waals surface area (Å²) in [6, 6.07) is -0.0396. The topological polar surface area (TPSA) is 49.8 Å². The van der Waals surface area contributed by atoms with Crippen LogP contribution in [0.25, 0.3) is 0 Å². The Balaban J connectivity index is 2.41. The predicted octanol–water partition coefficient (Wildman–Crippen LogP) is 1.92. The first kappa shape index (κ1) is 14.1. The highest BCUT2D eigenvalue weighted by molar-refractivity contribution is 5.68. The zero-order valence-electron chi connectivity index (χ0n) is 9.37. The first-order valence-electron chi connectivity index (χ1n) is 5.55. The molecular weight excluding hydrogens is 239 g/mol. The maximum Gasteiger partial charge on any atom is 0.422 e. The molecule has 0 unspecified atom stereocenters. The Morgan fingerprint density at radius 2 is 2.06 bits per heavy atom. The van der Waals surface area contributed by atoms with E-state index in [0.717, 1.165) is 19.3 Å². The first-order chi connectivity index (χ1) is 7.94. The minimum atomic E-state index is -4.50. The Bertz CT molecular complexity index is 254. The fourth-order valence-corrected chi connectivity index (χ4v) is 1.59. The summed E-state index contributed by atoms with van der Waals surface area (Å²) in [5, 5.41) is 8.67. The molecule has 1 N–H and O–H groups in total. The summed E-state index contributed by atoms with van der Waals surface area (Å²) < 4.78 is 39.9. The van der Waals surface area contributed by atoms with Crippen LogP contribution in [-0.2, 0) is 4.74 Å². The van der Waals surface area contributed by atoms with Crippen LogP contribution in [0.3, 0.4) is 0 Å². The maximum atomic E-state index is 11.9. The number of carbonyl (C=O) groups is 1. The van der Waals surface area contributed by atoms with Gasteiger partial charge in [-0.25, -0.2) is 4.79 Å². The van der Waals surface area contributed by atoms with Crippen LogP contribution in [-0.4, -0.2) is 48.1 Å². The molecule has 1 aliphatic carbocycles. The predicted molar refractivity (Wildman–Crippen MR) is 53.5 cm³/mol. The molecule has 0 aromatic carbocycles. The Kier molecular flexibility index (Phi) is 5.04. The number of ether oxygens (including phenoxy) is 1. The minimum Gasteiger partial charge on any atom is -0.440 e. The van der Waals surface area contributed by atoms with Gasteiger partial charge >= 0.3 is 12.3 Å². The molecule has 0 aromatic heterocycles. The number of amides is 1. The van der Waals surface area contributed by atoms with E-state index in [-0.39, 0.29) is 19.2 Å². The molecule has 1 saturated carbocycles. The molecule has 17 heavy (non-hydrogen) atoms.